The zero-order valence-electron chi connectivity index (χ0n) is 12.1. The lowest BCUT2D eigenvalue weighted by atomic mass is 10.1. The van der Waals surface area contributed by atoms with Crippen molar-refractivity contribution in [2.45, 2.75) is 37.2 Å². The second-order valence-electron chi connectivity index (χ2n) is 5.17. The molecule has 1 unspecified atom stereocenters. The standard InChI is InChI=1S/C13H21N3O3S/c1-9(15-4)10-5-7-11(8-6-10)20(18,19)16-13(2,3)12(14)17/h5-9,15-16H,1-4H3,(H2,14,17). The van der Waals surface area contributed by atoms with Crippen LogP contribution in [-0.2, 0) is 14.8 Å². The Labute approximate surface area is 119 Å². The van der Waals surface area contributed by atoms with Crippen molar-refractivity contribution < 1.29 is 13.2 Å². The van der Waals surface area contributed by atoms with Crippen LogP contribution >= 0.6 is 0 Å². The minimum Gasteiger partial charge on any atom is -0.368 e. The van der Waals surface area contributed by atoms with Crippen LogP contribution in [0.2, 0.25) is 0 Å². The van der Waals surface area contributed by atoms with E-state index in [2.05, 4.69) is 10.0 Å². The maximum Gasteiger partial charge on any atom is 0.241 e. The Morgan fingerprint density at radius 3 is 2.15 bits per heavy atom. The first kappa shape index (κ1) is 16.6. The van der Waals surface area contributed by atoms with Crippen LogP contribution < -0.4 is 15.8 Å². The fourth-order valence-electron chi connectivity index (χ4n) is 1.55. The number of hydrogen-bond donors (Lipinski definition) is 3. The lowest BCUT2D eigenvalue weighted by Gasteiger charge is -2.22. The normalized spacial score (nSPS) is 14.0. The SMILES string of the molecule is CNC(C)c1ccc(S(=O)(=O)NC(C)(C)C(N)=O)cc1. The van der Waals surface area contributed by atoms with E-state index in [1.54, 1.807) is 12.1 Å². The van der Waals surface area contributed by atoms with Gasteiger partial charge in [0.05, 0.1) is 4.90 Å². The number of nitrogens with two attached hydrogens (primary N) is 1. The minimum atomic E-state index is -3.78. The van der Waals surface area contributed by atoms with E-state index in [9.17, 15) is 13.2 Å². The van der Waals surface area contributed by atoms with Crippen LogP contribution in [0.15, 0.2) is 29.2 Å². The molecular weight excluding hydrogens is 278 g/mol. The molecule has 1 aromatic carbocycles. The molecule has 1 aromatic rings. The fourth-order valence-corrected chi connectivity index (χ4v) is 2.93. The van der Waals surface area contributed by atoms with E-state index in [0.717, 1.165) is 5.56 Å². The van der Waals surface area contributed by atoms with Crippen LogP contribution in [0, 0.1) is 0 Å². The van der Waals surface area contributed by atoms with Crippen LogP contribution in [0.1, 0.15) is 32.4 Å². The smallest absolute Gasteiger partial charge is 0.241 e. The monoisotopic (exact) mass is 299 g/mol. The number of amides is 1. The molecule has 1 amide bonds. The molecule has 0 fully saturated rings. The van der Waals surface area contributed by atoms with Crippen molar-refractivity contribution in [3.8, 4) is 0 Å². The van der Waals surface area contributed by atoms with Gasteiger partial charge in [-0.2, -0.15) is 4.72 Å². The molecule has 0 radical (unpaired) electrons. The predicted molar refractivity (Wildman–Crippen MR) is 77.5 cm³/mol. The number of sulfonamides is 1. The van der Waals surface area contributed by atoms with Crippen molar-refractivity contribution in [2.24, 2.45) is 5.73 Å². The number of carbonyl (C=O) groups is 1. The highest BCUT2D eigenvalue weighted by Crippen LogP contribution is 2.17. The maximum absolute atomic E-state index is 12.2. The summed E-state index contributed by atoms with van der Waals surface area (Å²) in [6.07, 6.45) is 0. The first-order valence-electron chi connectivity index (χ1n) is 6.21. The van der Waals surface area contributed by atoms with E-state index in [1.165, 1.54) is 26.0 Å². The molecule has 0 aromatic heterocycles. The number of carbonyl (C=O) groups excluding carboxylic acids is 1. The van der Waals surface area contributed by atoms with E-state index in [-0.39, 0.29) is 10.9 Å². The van der Waals surface area contributed by atoms with Gasteiger partial charge in [0.2, 0.25) is 15.9 Å². The Kier molecular flexibility index (Phi) is 4.90. The Balaban J connectivity index is 3.02. The molecule has 0 bridgehead atoms. The van der Waals surface area contributed by atoms with Gasteiger partial charge in [-0.15, -0.1) is 0 Å². The molecule has 0 saturated heterocycles. The third-order valence-corrected chi connectivity index (χ3v) is 4.80. The summed E-state index contributed by atoms with van der Waals surface area (Å²) in [6, 6.07) is 6.59. The highest BCUT2D eigenvalue weighted by Gasteiger charge is 2.31. The number of primary amides is 1. The molecule has 20 heavy (non-hydrogen) atoms. The highest BCUT2D eigenvalue weighted by atomic mass is 32.2. The van der Waals surface area contributed by atoms with Crippen molar-refractivity contribution >= 4 is 15.9 Å². The summed E-state index contributed by atoms with van der Waals surface area (Å²) in [7, 11) is -1.96. The minimum absolute atomic E-state index is 0.0962. The molecule has 7 heteroatoms. The van der Waals surface area contributed by atoms with Crippen molar-refractivity contribution in [2.75, 3.05) is 7.05 Å². The van der Waals surface area contributed by atoms with Crippen LogP contribution in [0.5, 0.6) is 0 Å². The summed E-state index contributed by atoms with van der Waals surface area (Å²) < 4.78 is 26.6. The van der Waals surface area contributed by atoms with E-state index < -0.39 is 21.5 Å². The van der Waals surface area contributed by atoms with Crippen LogP contribution in [0.3, 0.4) is 0 Å². The first-order chi connectivity index (χ1) is 9.10. The van der Waals surface area contributed by atoms with Crippen molar-refractivity contribution in [1.82, 2.24) is 10.0 Å². The Hall–Kier alpha value is -1.44. The van der Waals surface area contributed by atoms with E-state index in [4.69, 9.17) is 5.73 Å². The largest absolute Gasteiger partial charge is 0.368 e. The second-order valence-corrected chi connectivity index (χ2v) is 6.86. The molecule has 6 nitrogen and oxygen atoms in total. The van der Waals surface area contributed by atoms with Crippen molar-refractivity contribution in [3.05, 3.63) is 29.8 Å². The summed E-state index contributed by atoms with van der Waals surface area (Å²) in [5.41, 5.74) is 4.80. The molecule has 0 aliphatic carbocycles. The first-order valence-corrected chi connectivity index (χ1v) is 7.69. The lowest BCUT2D eigenvalue weighted by molar-refractivity contribution is -0.122. The number of nitrogens with one attached hydrogen (secondary N) is 2. The van der Waals surface area contributed by atoms with Gasteiger partial charge >= 0.3 is 0 Å². The second kappa shape index (κ2) is 5.90. The third kappa shape index (κ3) is 3.78. The maximum atomic E-state index is 12.2. The van der Waals surface area contributed by atoms with Gasteiger partial charge in [0.1, 0.15) is 5.54 Å². The molecule has 112 valence electrons. The molecule has 0 saturated carbocycles. The quantitative estimate of drug-likeness (QED) is 0.712. The van der Waals surface area contributed by atoms with Crippen molar-refractivity contribution in [1.29, 1.82) is 0 Å². The van der Waals surface area contributed by atoms with Gasteiger partial charge in [0.25, 0.3) is 0 Å². The topological polar surface area (TPSA) is 101 Å². The fraction of sp³-hybridized carbons (Fsp3) is 0.462. The molecule has 1 rings (SSSR count). The van der Waals surface area contributed by atoms with Crippen LogP contribution in [-0.4, -0.2) is 26.9 Å². The molecule has 0 aliphatic rings. The zero-order valence-corrected chi connectivity index (χ0v) is 12.9. The average Bonchev–Trinajstić information content (AvgIpc) is 2.36. The number of rotatable bonds is 6. The van der Waals surface area contributed by atoms with Gasteiger partial charge in [0.15, 0.2) is 0 Å². The summed E-state index contributed by atoms with van der Waals surface area (Å²) in [4.78, 5) is 11.3. The van der Waals surface area contributed by atoms with Crippen molar-refractivity contribution in [3.63, 3.8) is 0 Å². The molecule has 0 spiro atoms. The molecule has 1 atom stereocenters. The molecule has 0 heterocycles. The summed E-state index contributed by atoms with van der Waals surface area (Å²) >= 11 is 0. The highest BCUT2D eigenvalue weighted by molar-refractivity contribution is 7.89. The van der Waals surface area contributed by atoms with Gasteiger partial charge in [0, 0.05) is 6.04 Å². The Bertz CT molecular complexity index is 579. The van der Waals surface area contributed by atoms with Crippen LogP contribution in [0.4, 0.5) is 0 Å². The summed E-state index contributed by atoms with van der Waals surface area (Å²) in [6.45, 7) is 4.81. The third-order valence-electron chi connectivity index (χ3n) is 3.13. The molecule has 0 aliphatic heterocycles. The van der Waals surface area contributed by atoms with E-state index in [0.29, 0.717) is 0 Å². The average molecular weight is 299 g/mol. The van der Waals surface area contributed by atoms with Gasteiger partial charge in [-0.1, -0.05) is 12.1 Å². The van der Waals surface area contributed by atoms with E-state index >= 15 is 0 Å². The zero-order chi connectivity index (χ0) is 15.6. The van der Waals surface area contributed by atoms with Crippen LogP contribution in [0.25, 0.3) is 0 Å². The number of benzene rings is 1. The summed E-state index contributed by atoms with van der Waals surface area (Å²) in [5, 5.41) is 3.07. The van der Waals surface area contributed by atoms with Gasteiger partial charge in [-0.05, 0) is 45.5 Å². The summed E-state index contributed by atoms with van der Waals surface area (Å²) in [5.74, 6) is -0.735. The Morgan fingerprint density at radius 2 is 1.75 bits per heavy atom. The van der Waals surface area contributed by atoms with E-state index in [1.807, 2.05) is 14.0 Å². The lowest BCUT2D eigenvalue weighted by Crippen LogP contribution is -2.52. The Morgan fingerprint density at radius 1 is 1.25 bits per heavy atom. The molecule has 4 N–H and O–H groups in total. The van der Waals surface area contributed by atoms with Gasteiger partial charge < -0.3 is 11.1 Å². The van der Waals surface area contributed by atoms with Gasteiger partial charge in [-0.25, -0.2) is 8.42 Å². The van der Waals surface area contributed by atoms with Gasteiger partial charge in [-0.3, -0.25) is 4.79 Å². The number of hydrogen-bond acceptors (Lipinski definition) is 4. The molecular formula is C13H21N3O3S. The predicted octanol–water partition coefficient (Wildman–Crippen LogP) is 0.509.